The maximum atomic E-state index is 13.1. The third kappa shape index (κ3) is 2.61. The summed E-state index contributed by atoms with van der Waals surface area (Å²) < 4.78 is 15.0. The minimum atomic E-state index is -0.974. The zero-order valence-corrected chi connectivity index (χ0v) is 12.5. The molecule has 0 aliphatic carbocycles. The van der Waals surface area contributed by atoms with Crippen LogP contribution in [0.4, 0.5) is 4.39 Å². The van der Waals surface area contributed by atoms with Gasteiger partial charge in [0.25, 0.3) is 11.7 Å². The summed E-state index contributed by atoms with van der Waals surface area (Å²) in [5, 5.41) is 0.691. The van der Waals surface area contributed by atoms with Gasteiger partial charge in [0.15, 0.2) is 0 Å². The lowest BCUT2D eigenvalue weighted by molar-refractivity contribution is -0.114. The number of hydrogen-bond donors (Lipinski definition) is 1. The van der Waals surface area contributed by atoms with Crippen molar-refractivity contribution >= 4 is 22.6 Å². The molecule has 116 valence electrons. The number of hydrogen-bond acceptors (Lipinski definition) is 2. The summed E-state index contributed by atoms with van der Waals surface area (Å²) in [5.74, 6) is -1.97. The first kappa shape index (κ1) is 15.0. The van der Waals surface area contributed by atoms with Crippen LogP contribution in [0.1, 0.15) is 21.6 Å². The van der Waals surface area contributed by atoms with Crippen LogP contribution in [0, 0.1) is 12.7 Å². The highest BCUT2D eigenvalue weighted by Crippen LogP contribution is 2.27. The Hall–Kier alpha value is -2.95. The summed E-state index contributed by atoms with van der Waals surface area (Å²) in [7, 11) is 0. The molecule has 0 atom stereocenters. The van der Waals surface area contributed by atoms with Gasteiger partial charge in [-0.2, -0.15) is 0 Å². The largest absolute Gasteiger partial charge is 0.363 e. The van der Waals surface area contributed by atoms with Crippen molar-refractivity contribution < 1.29 is 14.0 Å². The van der Waals surface area contributed by atoms with Crippen molar-refractivity contribution in [2.45, 2.75) is 13.5 Å². The first-order valence-corrected chi connectivity index (χ1v) is 7.15. The lowest BCUT2D eigenvalue weighted by atomic mass is 10.1. The van der Waals surface area contributed by atoms with Gasteiger partial charge in [0, 0.05) is 23.1 Å². The number of nitrogens with two attached hydrogens (primary N) is 1. The molecule has 1 aromatic heterocycles. The van der Waals surface area contributed by atoms with E-state index in [9.17, 15) is 14.0 Å². The molecule has 4 nitrogen and oxygen atoms in total. The fraction of sp³-hybridized carbons (Fsp3) is 0.111. The van der Waals surface area contributed by atoms with E-state index in [4.69, 9.17) is 5.73 Å². The molecule has 2 N–H and O–H groups in total. The number of benzene rings is 2. The minimum absolute atomic E-state index is 0.299. The van der Waals surface area contributed by atoms with E-state index in [1.54, 1.807) is 25.1 Å². The summed E-state index contributed by atoms with van der Waals surface area (Å²) in [4.78, 5) is 23.5. The van der Waals surface area contributed by atoms with Crippen molar-refractivity contribution in [2.24, 2.45) is 5.73 Å². The van der Waals surface area contributed by atoms with Crippen LogP contribution in [0.15, 0.2) is 48.5 Å². The summed E-state index contributed by atoms with van der Waals surface area (Å²) >= 11 is 0. The second kappa shape index (κ2) is 5.68. The van der Waals surface area contributed by atoms with Crippen molar-refractivity contribution in [1.82, 2.24) is 4.57 Å². The van der Waals surface area contributed by atoms with E-state index in [1.807, 2.05) is 22.8 Å². The second-order valence-corrected chi connectivity index (χ2v) is 5.38. The van der Waals surface area contributed by atoms with Crippen LogP contribution in [-0.2, 0) is 11.3 Å². The first-order valence-electron chi connectivity index (χ1n) is 7.15. The molecule has 0 spiro atoms. The Labute approximate surface area is 132 Å². The maximum absolute atomic E-state index is 13.1. The number of carbonyl (C=O) groups excluding carboxylic acids is 2. The molecule has 0 saturated carbocycles. The zero-order valence-electron chi connectivity index (χ0n) is 12.5. The minimum Gasteiger partial charge on any atom is -0.363 e. The number of fused-ring (bicyclic) bond motifs is 1. The number of nitrogens with zero attached hydrogens (tertiary/aromatic N) is 1. The number of rotatable bonds is 4. The van der Waals surface area contributed by atoms with Gasteiger partial charge in [-0.15, -0.1) is 0 Å². The Morgan fingerprint density at radius 1 is 1.09 bits per heavy atom. The SMILES string of the molecule is Cc1c(C(=O)C(N)=O)c2ccccc2n1Cc1ccc(F)cc1. The summed E-state index contributed by atoms with van der Waals surface area (Å²) in [5.41, 5.74) is 7.89. The highest BCUT2D eigenvalue weighted by Gasteiger charge is 2.23. The topological polar surface area (TPSA) is 65.1 Å². The van der Waals surface area contributed by atoms with Crippen LogP contribution in [-0.4, -0.2) is 16.3 Å². The molecule has 0 fully saturated rings. The van der Waals surface area contributed by atoms with Crippen LogP contribution >= 0.6 is 0 Å². The van der Waals surface area contributed by atoms with E-state index in [0.717, 1.165) is 11.1 Å². The van der Waals surface area contributed by atoms with E-state index in [-0.39, 0.29) is 5.82 Å². The number of aromatic nitrogens is 1. The number of para-hydroxylation sites is 1. The number of primary amides is 1. The average molecular weight is 310 g/mol. The van der Waals surface area contributed by atoms with Gasteiger partial charge in [-0.05, 0) is 30.7 Å². The van der Waals surface area contributed by atoms with Gasteiger partial charge in [0.05, 0.1) is 5.56 Å². The van der Waals surface area contributed by atoms with Crippen molar-refractivity contribution in [3.8, 4) is 0 Å². The summed E-state index contributed by atoms with van der Waals surface area (Å²) in [6, 6.07) is 13.5. The molecule has 3 rings (SSSR count). The fourth-order valence-corrected chi connectivity index (χ4v) is 2.82. The van der Waals surface area contributed by atoms with Crippen LogP contribution in [0.5, 0.6) is 0 Å². The Balaban J connectivity index is 2.17. The molecule has 1 amide bonds. The van der Waals surface area contributed by atoms with E-state index in [2.05, 4.69) is 0 Å². The average Bonchev–Trinajstić information content (AvgIpc) is 2.81. The Kier molecular flexibility index (Phi) is 3.70. The third-order valence-corrected chi connectivity index (χ3v) is 3.94. The van der Waals surface area contributed by atoms with Crippen molar-refractivity contribution in [3.05, 3.63) is 71.2 Å². The normalized spacial score (nSPS) is 10.9. The van der Waals surface area contributed by atoms with E-state index in [1.165, 1.54) is 12.1 Å². The van der Waals surface area contributed by atoms with Crippen LogP contribution in [0.2, 0.25) is 0 Å². The molecule has 0 unspecified atom stereocenters. The number of halogens is 1. The Morgan fingerprint density at radius 3 is 2.39 bits per heavy atom. The molecule has 0 radical (unpaired) electrons. The van der Waals surface area contributed by atoms with Crippen LogP contribution < -0.4 is 5.73 Å². The monoisotopic (exact) mass is 310 g/mol. The molecular weight excluding hydrogens is 295 g/mol. The molecule has 0 bridgehead atoms. The third-order valence-electron chi connectivity index (χ3n) is 3.94. The molecule has 1 heterocycles. The zero-order chi connectivity index (χ0) is 16.6. The predicted octanol–water partition coefficient (Wildman–Crippen LogP) is 2.81. The van der Waals surface area contributed by atoms with Gasteiger partial charge in [-0.1, -0.05) is 30.3 Å². The van der Waals surface area contributed by atoms with Gasteiger partial charge < -0.3 is 10.3 Å². The molecule has 3 aromatic rings. The number of amides is 1. The molecule has 0 aliphatic heterocycles. The number of carbonyl (C=O) groups is 2. The molecule has 0 aliphatic rings. The fourth-order valence-electron chi connectivity index (χ4n) is 2.82. The van der Waals surface area contributed by atoms with Gasteiger partial charge in [-0.3, -0.25) is 9.59 Å². The molecule has 0 saturated heterocycles. The van der Waals surface area contributed by atoms with E-state index in [0.29, 0.717) is 23.2 Å². The highest BCUT2D eigenvalue weighted by atomic mass is 19.1. The second-order valence-electron chi connectivity index (χ2n) is 5.38. The smallest absolute Gasteiger partial charge is 0.289 e. The van der Waals surface area contributed by atoms with Crippen LogP contribution in [0.25, 0.3) is 10.9 Å². The molecule has 23 heavy (non-hydrogen) atoms. The number of Topliss-reactive ketones (excluding diaryl/α,β-unsaturated/α-hetero) is 1. The molecule has 5 heteroatoms. The summed E-state index contributed by atoms with van der Waals surface area (Å²) in [6.07, 6.45) is 0. The lowest BCUT2D eigenvalue weighted by Gasteiger charge is -2.09. The van der Waals surface area contributed by atoms with Gasteiger partial charge in [0.2, 0.25) is 0 Å². The number of ketones is 1. The standard InChI is InChI=1S/C18H15FN2O2/c1-11-16(17(22)18(20)23)14-4-2-3-5-15(14)21(11)10-12-6-8-13(19)9-7-12/h2-9H,10H2,1H3,(H2,20,23). The lowest BCUT2D eigenvalue weighted by Crippen LogP contribution is -2.23. The summed E-state index contributed by atoms with van der Waals surface area (Å²) in [6.45, 7) is 2.25. The molecule has 2 aromatic carbocycles. The maximum Gasteiger partial charge on any atom is 0.289 e. The Bertz CT molecular complexity index is 911. The quantitative estimate of drug-likeness (QED) is 0.595. The van der Waals surface area contributed by atoms with E-state index >= 15 is 0 Å². The van der Waals surface area contributed by atoms with Crippen molar-refractivity contribution in [2.75, 3.05) is 0 Å². The van der Waals surface area contributed by atoms with Crippen molar-refractivity contribution in [3.63, 3.8) is 0 Å². The van der Waals surface area contributed by atoms with Crippen LogP contribution in [0.3, 0.4) is 0 Å². The first-order chi connectivity index (χ1) is 11.0. The Morgan fingerprint density at radius 2 is 1.74 bits per heavy atom. The predicted molar refractivity (Wildman–Crippen MR) is 85.7 cm³/mol. The van der Waals surface area contributed by atoms with Crippen molar-refractivity contribution in [1.29, 1.82) is 0 Å². The van der Waals surface area contributed by atoms with Gasteiger partial charge in [-0.25, -0.2) is 4.39 Å². The highest BCUT2D eigenvalue weighted by molar-refractivity contribution is 6.44. The molecular formula is C18H15FN2O2. The van der Waals surface area contributed by atoms with Gasteiger partial charge >= 0.3 is 0 Å². The van der Waals surface area contributed by atoms with E-state index < -0.39 is 11.7 Å². The van der Waals surface area contributed by atoms with Gasteiger partial charge in [0.1, 0.15) is 5.82 Å².